The average molecular weight is 378 g/mol. The molecule has 0 atom stereocenters. The highest BCUT2D eigenvalue weighted by atomic mass is 79.9. The molecule has 1 amide bonds. The van der Waals surface area contributed by atoms with Gasteiger partial charge in [-0.05, 0) is 54.9 Å². The largest absolute Gasteiger partial charge is 0.399 e. The van der Waals surface area contributed by atoms with Crippen molar-refractivity contribution in [1.82, 2.24) is 9.62 Å². The topological polar surface area (TPSA) is 92.5 Å². The molecule has 0 aliphatic rings. The van der Waals surface area contributed by atoms with Crippen LogP contribution in [0.3, 0.4) is 0 Å². The molecule has 8 heteroatoms. The number of nitrogens with two attached hydrogens (primary N) is 1. The van der Waals surface area contributed by atoms with Crippen molar-refractivity contribution in [3.05, 3.63) is 22.7 Å². The molecule has 0 aliphatic carbocycles. The van der Waals surface area contributed by atoms with Gasteiger partial charge >= 0.3 is 0 Å². The fourth-order valence-corrected chi connectivity index (χ4v) is 3.71. The first kappa shape index (κ1) is 17.9. The summed E-state index contributed by atoms with van der Waals surface area (Å²) >= 11 is 3.19. The molecule has 0 saturated heterocycles. The van der Waals surface area contributed by atoms with Crippen LogP contribution in [-0.2, 0) is 14.8 Å². The van der Waals surface area contributed by atoms with Gasteiger partial charge in [-0.1, -0.05) is 0 Å². The number of halogens is 1. The molecule has 0 heterocycles. The lowest BCUT2D eigenvalue weighted by molar-refractivity contribution is -0.122. The number of nitrogens with one attached hydrogen (secondary N) is 1. The predicted molar refractivity (Wildman–Crippen MR) is 86.3 cm³/mol. The maximum atomic E-state index is 12.5. The Morgan fingerprint density at radius 1 is 1.38 bits per heavy atom. The number of sulfonamides is 1. The molecular formula is C13H20BrN3O3S. The number of nitrogens with zero attached hydrogens (tertiary/aromatic N) is 1. The summed E-state index contributed by atoms with van der Waals surface area (Å²) in [5.41, 5.74) is 5.55. The third-order valence-corrected chi connectivity index (χ3v) is 5.32. The summed E-state index contributed by atoms with van der Waals surface area (Å²) in [6.45, 7) is 5.22. The molecule has 21 heavy (non-hydrogen) atoms. The zero-order valence-electron chi connectivity index (χ0n) is 12.5. The Morgan fingerprint density at radius 2 is 1.95 bits per heavy atom. The second-order valence-electron chi connectivity index (χ2n) is 5.75. The standard InChI is InChI=1S/C13H20BrN3O3S/c1-13(2,3)16-12(18)8-17(4)21(19,20)11-7-9(15)5-6-10(11)14/h5-7H,8,15H2,1-4H3,(H,16,18). The third kappa shape index (κ3) is 4.98. The molecule has 0 bridgehead atoms. The normalized spacial score (nSPS) is 12.5. The lowest BCUT2D eigenvalue weighted by atomic mass is 10.1. The number of hydrogen-bond acceptors (Lipinski definition) is 4. The summed E-state index contributed by atoms with van der Waals surface area (Å²) in [5, 5.41) is 2.72. The van der Waals surface area contributed by atoms with Gasteiger partial charge in [0.15, 0.2) is 0 Å². The van der Waals surface area contributed by atoms with Crippen LogP contribution in [0, 0.1) is 0 Å². The summed E-state index contributed by atoms with van der Waals surface area (Å²) in [6, 6.07) is 4.51. The molecule has 6 nitrogen and oxygen atoms in total. The molecule has 118 valence electrons. The molecule has 1 aromatic carbocycles. The van der Waals surface area contributed by atoms with E-state index in [0.717, 1.165) is 4.31 Å². The highest BCUT2D eigenvalue weighted by Crippen LogP contribution is 2.26. The van der Waals surface area contributed by atoms with Crippen molar-refractivity contribution in [2.45, 2.75) is 31.2 Å². The van der Waals surface area contributed by atoms with Gasteiger partial charge in [-0.15, -0.1) is 0 Å². The van der Waals surface area contributed by atoms with Crippen LogP contribution in [0.4, 0.5) is 5.69 Å². The Labute approximate surface area is 133 Å². The van der Waals surface area contributed by atoms with E-state index in [2.05, 4.69) is 21.2 Å². The molecule has 0 unspecified atom stereocenters. The highest BCUT2D eigenvalue weighted by Gasteiger charge is 2.26. The van der Waals surface area contributed by atoms with Gasteiger partial charge in [0, 0.05) is 22.7 Å². The van der Waals surface area contributed by atoms with Crippen LogP contribution in [0.1, 0.15) is 20.8 Å². The van der Waals surface area contributed by atoms with E-state index in [1.54, 1.807) is 12.1 Å². The monoisotopic (exact) mass is 377 g/mol. The van der Waals surface area contributed by atoms with E-state index in [1.165, 1.54) is 13.1 Å². The van der Waals surface area contributed by atoms with Crippen LogP contribution in [0.2, 0.25) is 0 Å². The van der Waals surface area contributed by atoms with E-state index < -0.39 is 15.6 Å². The molecule has 1 rings (SSSR count). The Kier molecular flexibility index (Phi) is 5.40. The molecule has 0 aromatic heterocycles. The van der Waals surface area contributed by atoms with Crippen LogP contribution < -0.4 is 11.1 Å². The van der Waals surface area contributed by atoms with Gasteiger partial charge in [-0.2, -0.15) is 4.31 Å². The summed E-state index contributed by atoms with van der Waals surface area (Å²) in [4.78, 5) is 11.9. The van der Waals surface area contributed by atoms with E-state index in [4.69, 9.17) is 5.73 Å². The second kappa shape index (κ2) is 6.33. The number of carbonyl (C=O) groups excluding carboxylic acids is 1. The fraction of sp³-hybridized carbons (Fsp3) is 0.462. The molecule has 0 saturated carbocycles. The summed E-state index contributed by atoms with van der Waals surface area (Å²) < 4.78 is 26.3. The molecule has 0 spiro atoms. The van der Waals surface area contributed by atoms with Crippen molar-refractivity contribution in [3.63, 3.8) is 0 Å². The highest BCUT2D eigenvalue weighted by molar-refractivity contribution is 9.10. The van der Waals surface area contributed by atoms with Crippen molar-refractivity contribution >= 4 is 37.5 Å². The van der Waals surface area contributed by atoms with Gasteiger partial charge in [0.1, 0.15) is 0 Å². The Morgan fingerprint density at radius 3 is 2.48 bits per heavy atom. The number of anilines is 1. The van der Waals surface area contributed by atoms with Gasteiger partial charge in [-0.25, -0.2) is 8.42 Å². The van der Waals surface area contributed by atoms with E-state index in [-0.39, 0.29) is 17.3 Å². The minimum atomic E-state index is -3.80. The lowest BCUT2D eigenvalue weighted by Gasteiger charge is -2.23. The van der Waals surface area contributed by atoms with E-state index >= 15 is 0 Å². The van der Waals surface area contributed by atoms with Crippen LogP contribution >= 0.6 is 15.9 Å². The van der Waals surface area contributed by atoms with Crippen molar-refractivity contribution < 1.29 is 13.2 Å². The van der Waals surface area contributed by atoms with Gasteiger partial charge in [-0.3, -0.25) is 4.79 Å². The smallest absolute Gasteiger partial charge is 0.244 e. The summed E-state index contributed by atoms with van der Waals surface area (Å²) in [6.07, 6.45) is 0. The van der Waals surface area contributed by atoms with Crippen molar-refractivity contribution in [2.24, 2.45) is 0 Å². The minimum absolute atomic E-state index is 0.0357. The molecule has 3 N–H and O–H groups in total. The van der Waals surface area contributed by atoms with Crippen LogP contribution in [0.15, 0.2) is 27.6 Å². The average Bonchev–Trinajstić information content (AvgIpc) is 2.29. The fourth-order valence-electron chi connectivity index (χ4n) is 1.63. The Hall–Kier alpha value is -1.12. The SMILES string of the molecule is CN(CC(=O)NC(C)(C)C)S(=O)(=O)c1cc(N)ccc1Br. The van der Waals surface area contributed by atoms with Crippen molar-refractivity contribution in [3.8, 4) is 0 Å². The summed E-state index contributed by atoms with van der Waals surface area (Å²) in [7, 11) is -2.44. The van der Waals surface area contributed by atoms with E-state index in [9.17, 15) is 13.2 Å². The lowest BCUT2D eigenvalue weighted by Crippen LogP contribution is -2.46. The van der Waals surface area contributed by atoms with E-state index in [0.29, 0.717) is 10.2 Å². The number of benzene rings is 1. The Balaban J connectivity index is 2.97. The number of carbonyl (C=O) groups is 1. The number of hydrogen-bond donors (Lipinski definition) is 2. The minimum Gasteiger partial charge on any atom is -0.399 e. The first-order chi connectivity index (χ1) is 9.43. The molecule has 0 aliphatic heterocycles. The first-order valence-electron chi connectivity index (χ1n) is 6.26. The number of likely N-dealkylation sites (N-methyl/N-ethyl adjacent to an activating group) is 1. The quantitative estimate of drug-likeness (QED) is 0.778. The molecule has 1 aromatic rings. The van der Waals surface area contributed by atoms with Crippen molar-refractivity contribution in [1.29, 1.82) is 0 Å². The zero-order valence-corrected chi connectivity index (χ0v) is 14.9. The van der Waals surface area contributed by atoms with Crippen LogP contribution in [0.25, 0.3) is 0 Å². The number of amides is 1. The van der Waals surface area contributed by atoms with Gasteiger partial charge in [0.25, 0.3) is 0 Å². The number of nitrogen functional groups attached to an aromatic ring is 1. The van der Waals surface area contributed by atoms with Gasteiger partial charge < -0.3 is 11.1 Å². The molecular weight excluding hydrogens is 358 g/mol. The van der Waals surface area contributed by atoms with Crippen molar-refractivity contribution in [2.75, 3.05) is 19.3 Å². The summed E-state index contributed by atoms with van der Waals surface area (Å²) in [5.74, 6) is -0.367. The van der Waals surface area contributed by atoms with Gasteiger partial charge in [0.05, 0.1) is 11.4 Å². The van der Waals surface area contributed by atoms with Crippen LogP contribution in [-0.4, -0.2) is 37.8 Å². The zero-order chi connectivity index (χ0) is 16.4. The second-order valence-corrected chi connectivity index (χ2v) is 8.62. The Bertz CT molecular complexity index is 639. The molecule has 0 fully saturated rings. The van der Waals surface area contributed by atoms with Crippen LogP contribution in [0.5, 0.6) is 0 Å². The number of rotatable bonds is 4. The maximum absolute atomic E-state index is 12.5. The molecule has 0 radical (unpaired) electrons. The third-order valence-electron chi connectivity index (χ3n) is 2.52. The van der Waals surface area contributed by atoms with E-state index in [1.807, 2.05) is 20.8 Å². The van der Waals surface area contributed by atoms with Gasteiger partial charge in [0.2, 0.25) is 15.9 Å². The first-order valence-corrected chi connectivity index (χ1v) is 8.49. The predicted octanol–water partition coefficient (Wildman–Crippen LogP) is 1.57. The maximum Gasteiger partial charge on any atom is 0.244 e.